The Labute approximate surface area is 171 Å². The van der Waals surface area contributed by atoms with Crippen LogP contribution < -0.4 is 14.8 Å². The zero-order valence-corrected chi connectivity index (χ0v) is 15.9. The average molecular weight is 404 g/mol. The van der Waals surface area contributed by atoms with Gasteiger partial charge in [-0.3, -0.25) is 9.59 Å². The number of esters is 1. The van der Waals surface area contributed by atoms with E-state index in [9.17, 15) is 19.2 Å². The Hall–Kier alpha value is -4.20. The quantitative estimate of drug-likeness (QED) is 0.276. The van der Waals surface area contributed by atoms with Gasteiger partial charge < -0.3 is 14.8 Å². The third kappa shape index (κ3) is 3.35. The van der Waals surface area contributed by atoms with Gasteiger partial charge in [-0.2, -0.15) is 0 Å². The second kappa shape index (κ2) is 7.67. The number of ketones is 1. The number of urea groups is 1. The minimum absolute atomic E-state index is 0.0129. The molecule has 150 valence electrons. The SMILES string of the molecule is CCOc1ccccc1C=C1NC(=O)N(/C=C2\C(=O)Oc3ccccc3C2=O)C1=O. The first-order valence-electron chi connectivity index (χ1n) is 9.15. The summed E-state index contributed by atoms with van der Waals surface area (Å²) in [7, 11) is 0. The third-order valence-electron chi connectivity index (χ3n) is 4.49. The highest BCUT2D eigenvalue weighted by Crippen LogP contribution is 2.28. The maximum absolute atomic E-state index is 12.7. The molecule has 0 aromatic heterocycles. The van der Waals surface area contributed by atoms with Gasteiger partial charge >= 0.3 is 12.0 Å². The van der Waals surface area contributed by atoms with Gasteiger partial charge in [0.25, 0.3) is 5.91 Å². The van der Waals surface area contributed by atoms with Crippen LogP contribution in [0.3, 0.4) is 0 Å². The summed E-state index contributed by atoms with van der Waals surface area (Å²) in [4.78, 5) is 50.7. The molecule has 2 aromatic carbocycles. The van der Waals surface area contributed by atoms with E-state index in [1.165, 1.54) is 18.2 Å². The van der Waals surface area contributed by atoms with Crippen LogP contribution in [0.4, 0.5) is 4.79 Å². The topological polar surface area (TPSA) is 102 Å². The molecule has 2 heterocycles. The van der Waals surface area contributed by atoms with E-state index in [1.807, 2.05) is 6.92 Å². The molecule has 2 aliphatic rings. The molecule has 0 unspecified atom stereocenters. The van der Waals surface area contributed by atoms with Gasteiger partial charge in [-0.25, -0.2) is 14.5 Å². The number of rotatable bonds is 4. The number of imide groups is 1. The van der Waals surface area contributed by atoms with Crippen molar-refractivity contribution in [1.82, 2.24) is 10.2 Å². The number of amides is 3. The molecule has 1 N–H and O–H groups in total. The first-order valence-corrected chi connectivity index (χ1v) is 9.15. The molecule has 0 saturated carbocycles. The highest BCUT2D eigenvalue weighted by molar-refractivity contribution is 6.28. The highest BCUT2D eigenvalue weighted by atomic mass is 16.5. The van der Waals surface area contributed by atoms with Gasteiger partial charge in [-0.1, -0.05) is 30.3 Å². The van der Waals surface area contributed by atoms with Gasteiger partial charge in [-0.15, -0.1) is 0 Å². The Balaban J connectivity index is 1.66. The number of benzene rings is 2. The van der Waals surface area contributed by atoms with E-state index in [0.717, 1.165) is 6.20 Å². The second-order valence-electron chi connectivity index (χ2n) is 6.39. The fourth-order valence-corrected chi connectivity index (χ4v) is 3.08. The van der Waals surface area contributed by atoms with Crippen LogP contribution in [0.2, 0.25) is 0 Å². The summed E-state index contributed by atoms with van der Waals surface area (Å²) in [6, 6.07) is 12.5. The summed E-state index contributed by atoms with van der Waals surface area (Å²) < 4.78 is 10.7. The van der Waals surface area contributed by atoms with Crippen LogP contribution in [0.1, 0.15) is 22.8 Å². The molecule has 0 atom stereocenters. The Bertz CT molecular complexity index is 1150. The molecule has 0 bridgehead atoms. The van der Waals surface area contributed by atoms with Crippen LogP contribution in [0.25, 0.3) is 6.08 Å². The van der Waals surface area contributed by atoms with Crippen LogP contribution in [0.5, 0.6) is 11.5 Å². The molecule has 2 aromatic rings. The van der Waals surface area contributed by atoms with Crippen molar-refractivity contribution in [1.29, 1.82) is 0 Å². The highest BCUT2D eigenvalue weighted by Gasteiger charge is 2.37. The van der Waals surface area contributed by atoms with E-state index in [2.05, 4.69) is 5.32 Å². The van der Waals surface area contributed by atoms with Crippen LogP contribution in [-0.4, -0.2) is 35.2 Å². The summed E-state index contributed by atoms with van der Waals surface area (Å²) in [5.74, 6) is -1.58. The van der Waals surface area contributed by atoms with E-state index in [4.69, 9.17) is 9.47 Å². The summed E-state index contributed by atoms with van der Waals surface area (Å²) >= 11 is 0. The Morgan fingerprint density at radius 2 is 1.77 bits per heavy atom. The molecule has 3 amide bonds. The van der Waals surface area contributed by atoms with Crippen LogP contribution in [-0.2, 0) is 9.59 Å². The number of nitrogens with zero attached hydrogens (tertiary/aromatic N) is 1. The molecular formula is C22H16N2O6. The molecular weight excluding hydrogens is 388 g/mol. The zero-order chi connectivity index (χ0) is 21.3. The predicted molar refractivity (Wildman–Crippen MR) is 105 cm³/mol. The standard InChI is InChI=1S/C22H16N2O6/c1-2-29-17-9-5-3-7-13(17)11-16-20(26)24(22(28)23-16)12-15-19(25)14-8-4-6-10-18(14)30-21(15)27/h3-12H,2H2,1H3,(H,23,28)/b15-12-,16-11?. The first-order chi connectivity index (χ1) is 14.5. The molecule has 4 rings (SSSR count). The van der Waals surface area contributed by atoms with Gasteiger partial charge in [0.2, 0.25) is 5.78 Å². The maximum atomic E-state index is 12.7. The number of hydrogen-bond donors (Lipinski definition) is 1. The molecule has 1 fully saturated rings. The Morgan fingerprint density at radius 3 is 2.57 bits per heavy atom. The molecule has 1 saturated heterocycles. The summed E-state index contributed by atoms with van der Waals surface area (Å²) in [6.07, 6.45) is 2.38. The maximum Gasteiger partial charge on any atom is 0.349 e. The van der Waals surface area contributed by atoms with E-state index in [1.54, 1.807) is 36.4 Å². The van der Waals surface area contributed by atoms with Gasteiger partial charge in [0.15, 0.2) is 0 Å². The van der Waals surface area contributed by atoms with Crippen molar-refractivity contribution in [3.8, 4) is 11.5 Å². The molecule has 0 aliphatic carbocycles. The Kier molecular flexibility index (Phi) is 4.89. The average Bonchev–Trinajstić information content (AvgIpc) is 2.99. The van der Waals surface area contributed by atoms with Crippen molar-refractivity contribution in [2.45, 2.75) is 6.92 Å². The predicted octanol–water partition coefficient (Wildman–Crippen LogP) is 2.66. The smallest absolute Gasteiger partial charge is 0.349 e. The zero-order valence-electron chi connectivity index (χ0n) is 15.9. The molecule has 30 heavy (non-hydrogen) atoms. The molecule has 8 heteroatoms. The lowest BCUT2D eigenvalue weighted by Gasteiger charge is -2.17. The van der Waals surface area contributed by atoms with Crippen molar-refractivity contribution >= 4 is 29.8 Å². The Morgan fingerprint density at radius 1 is 1.03 bits per heavy atom. The molecule has 8 nitrogen and oxygen atoms in total. The van der Waals surface area contributed by atoms with Gasteiger partial charge in [-0.05, 0) is 31.2 Å². The summed E-state index contributed by atoms with van der Waals surface area (Å²) in [5.41, 5.74) is 0.352. The van der Waals surface area contributed by atoms with Gasteiger partial charge in [0.05, 0.1) is 12.2 Å². The summed E-state index contributed by atoms with van der Waals surface area (Å²) in [6.45, 7) is 2.27. The van der Waals surface area contributed by atoms with Crippen molar-refractivity contribution in [2.24, 2.45) is 0 Å². The van der Waals surface area contributed by atoms with E-state index < -0.39 is 29.3 Å². The molecule has 0 spiro atoms. The molecule has 2 aliphatic heterocycles. The number of fused-ring (bicyclic) bond motifs is 1. The van der Waals surface area contributed by atoms with E-state index >= 15 is 0 Å². The third-order valence-corrected chi connectivity index (χ3v) is 4.49. The number of para-hydroxylation sites is 2. The largest absolute Gasteiger partial charge is 0.493 e. The van der Waals surface area contributed by atoms with Crippen LogP contribution in [0, 0.1) is 0 Å². The van der Waals surface area contributed by atoms with Crippen molar-refractivity contribution in [2.75, 3.05) is 6.61 Å². The fourth-order valence-electron chi connectivity index (χ4n) is 3.08. The lowest BCUT2D eigenvalue weighted by atomic mass is 10.0. The normalized spacial score (nSPS) is 18.5. The van der Waals surface area contributed by atoms with Crippen molar-refractivity contribution in [3.63, 3.8) is 0 Å². The van der Waals surface area contributed by atoms with Crippen molar-refractivity contribution < 1.29 is 28.7 Å². The fraction of sp³-hybridized carbons (Fsp3) is 0.0909. The van der Waals surface area contributed by atoms with Gasteiger partial charge in [0.1, 0.15) is 22.8 Å². The number of hydrogen-bond acceptors (Lipinski definition) is 6. The summed E-state index contributed by atoms with van der Waals surface area (Å²) in [5, 5.41) is 2.44. The van der Waals surface area contributed by atoms with E-state index in [-0.39, 0.29) is 17.0 Å². The monoisotopic (exact) mass is 404 g/mol. The lowest BCUT2D eigenvalue weighted by molar-refractivity contribution is -0.130. The number of nitrogens with one attached hydrogen (secondary N) is 1. The number of carbonyl (C=O) groups is 4. The van der Waals surface area contributed by atoms with Crippen LogP contribution in [0.15, 0.2) is 66.0 Å². The molecule has 0 radical (unpaired) electrons. The first kappa shape index (κ1) is 19.1. The number of Topliss-reactive ketones (excluding diaryl/α,β-unsaturated/α-hetero) is 1. The van der Waals surface area contributed by atoms with E-state index in [0.29, 0.717) is 22.8 Å². The van der Waals surface area contributed by atoms with Gasteiger partial charge in [0, 0.05) is 11.8 Å². The minimum atomic E-state index is -0.932. The number of carbonyl (C=O) groups excluding carboxylic acids is 4. The number of ether oxygens (including phenoxy) is 2. The second-order valence-corrected chi connectivity index (χ2v) is 6.39. The van der Waals surface area contributed by atoms with Crippen LogP contribution >= 0.6 is 0 Å². The van der Waals surface area contributed by atoms with Crippen molar-refractivity contribution in [3.05, 3.63) is 77.1 Å². The lowest BCUT2D eigenvalue weighted by Crippen LogP contribution is -2.31. The minimum Gasteiger partial charge on any atom is -0.493 e.